The minimum absolute atomic E-state index is 0.0896. The van der Waals surface area contributed by atoms with Crippen molar-refractivity contribution in [3.63, 3.8) is 0 Å². The third kappa shape index (κ3) is 2.47. The molecule has 0 aliphatic carbocycles. The Morgan fingerprint density at radius 3 is 2.94 bits per heavy atom. The molecule has 0 spiro atoms. The molecule has 0 aliphatic rings. The minimum atomic E-state index is -0.0896. The summed E-state index contributed by atoms with van der Waals surface area (Å²) in [6.07, 6.45) is 4.13. The van der Waals surface area contributed by atoms with Crippen molar-refractivity contribution in [3.8, 4) is 5.75 Å². The van der Waals surface area contributed by atoms with Crippen molar-refractivity contribution in [1.29, 1.82) is 0 Å². The lowest BCUT2D eigenvalue weighted by Crippen LogP contribution is -2.14. The van der Waals surface area contributed by atoms with Crippen molar-refractivity contribution in [2.75, 3.05) is 7.11 Å². The van der Waals surface area contributed by atoms with Gasteiger partial charge in [-0.2, -0.15) is 0 Å². The number of aromatic nitrogens is 2. The standard InChI is InChI=1S/C13H17N3O/c1-9-4-3-5-10(13(9)17-2)6-11(14)12-7-15-8-16-12/h3-5,7-8,11H,6,14H2,1-2H3,(H,15,16). The lowest BCUT2D eigenvalue weighted by molar-refractivity contribution is 0.405. The predicted octanol–water partition coefficient (Wildman–Crippen LogP) is 1.97. The number of nitrogens with zero attached hydrogens (tertiary/aromatic N) is 1. The zero-order valence-electron chi connectivity index (χ0n) is 10.1. The summed E-state index contributed by atoms with van der Waals surface area (Å²) in [4.78, 5) is 7.01. The number of imidazole rings is 1. The van der Waals surface area contributed by atoms with E-state index in [4.69, 9.17) is 10.5 Å². The van der Waals surface area contributed by atoms with Gasteiger partial charge in [0.25, 0.3) is 0 Å². The SMILES string of the molecule is COc1c(C)cccc1CC(N)c1cnc[nH]1. The summed E-state index contributed by atoms with van der Waals surface area (Å²) in [6.45, 7) is 2.03. The van der Waals surface area contributed by atoms with Crippen LogP contribution in [0.4, 0.5) is 0 Å². The first kappa shape index (κ1) is 11.7. The number of nitrogens with two attached hydrogens (primary N) is 1. The number of aromatic amines is 1. The molecule has 2 aromatic rings. The van der Waals surface area contributed by atoms with Gasteiger partial charge in [-0.3, -0.25) is 0 Å². The first-order valence-electron chi connectivity index (χ1n) is 5.58. The van der Waals surface area contributed by atoms with Crippen LogP contribution in [0.5, 0.6) is 5.75 Å². The van der Waals surface area contributed by atoms with Crippen molar-refractivity contribution >= 4 is 0 Å². The molecule has 3 N–H and O–H groups in total. The normalized spacial score (nSPS) is 12.4. The molecule has 0 bridgehead atoms. The molecule has 0 saturated heterocycles. The Morgan fingerprint density at radius 1 is 1.47 bits per heavy atom. The maximum atomic E-state index is 6.12. The number of H-pyrrole nitrogens is 1. The Morgan fingerprint density at radius 2 is 2.29 bits per heavy atom. The number of ether oxygens (including phenoxy) is 1. The highest BCUT2D eigenvalue weighted by Crippen LogP contribution is 2.26. The summed E-state index contributed by atoms with van der Waals surface area (Å²) in [5.74, 6) is 0.919. The fourth-order valence-electron chi connectivity index (χ4n) is 1.98. The molecule has 1 unspecified atom stereocenters. The van der Waals surface area contributed by atoms with E-state index in [2.05, 4.69) is 9.97 Å². The highest BCUT2D eigenvalue weighted by atomic mass is 16.5. The van der Waals surface area contributed by atoms with Crippen LogP contribution >= 0.6 is 0 Å². The summed E-state index contributed by atoms with van der Waals surface area (Å²) < 4.78 is 5.41. The third-order valence-electron chi connectivity index (χ3n) is 2.86. The van der Waals surface area contributed by atoms with Crippen LogP contribution in [0.15, 0.2) is 30.7 Å². The molecule has 90 valence electrons. The predicted molar refractivity (Wildman–Crippen MR) is 67.0 cm³/mol. The van der Waals surface area contributed by atoms with Crippen LogP contribution in [0.25, 0.3) is 0 Å². The zero-order chi connectivity index (χ0) is 12.3. The maximum Gasteiger partial charge on any atom is 0.125 e. The summed E-state index contributed by atoms with van der Waals surface area (Å²) >= 11 is 0. The second-order valence-corrected chi connectivity index (χ2v) is 4.08. The van der Waals surface area contributed by atoms with E-state index >= 15 is 0 Å². The molecule has 0 aliphatic heterocycles. The van der Waals surface area contributed by atoms with E-state index in [1.807, 2.05) is 25.1 Å². The molecule has 1 aromatic carbocycles. The van der Waals surface area contributed by atoms with Crippen molar-refractivity contribution in [3.05, 3.63) is 47.5 Å². The quantitative estimate of drug-likeness (QED) is 0.845. The third-order valence-corrected chi connectivity index (χ3v) is 2.86. The molecule has 4 nitrogen and oxygen atoms in total. The van der Waals surface area contributed by atoms with Gasteiger partial charge in [0.05, 0.1) is 25.2 Å². The molecule has 0 amide bonds. The monoisotopic (exact) mass is 231 g/mol. The molecule has 17 heavy (non-hydrogen) atoms. The highest BCUT2D eigenvalue weighted by Gasteiger charge is 2.12. The van der Waals surface area contributed by atoms with E-state index < -0.39 is 0 Å². The smallest absolute Gasteiger partial charge is 0.125 e. The van der Waals surface area contributed by atoms with Gasteiger partial charge in [0.15, 0.2) is 0 Å². The summed E-state index contributed by atoms with van der Waals surface area (Å²) in [7, 11) is 1.69. The average molecular weight is 231 g/mol. The molecule has 0 saturated carbocycles. The Hall–Kier alpha value is -1.81. The second-order valence-electron chi connectivity index (χ2n) is 4.08. The molecule has 2 rings (SSSR count). The molecule has 1 atom stereocenters. The summed E-state index contributed by atoms with van der Waals surface area (Å²) in [5.41, 5.74) is 9.30. The van der Waals surface area contributed by atoms with E-state index in [1.54, 1.807) is 19.6 Å². The van der Waals surface area contributed by atoms with Crippen LogP contribution in [0, 0.1) is 6.92 Å². The topological polar surface area (TPSA) is 63.9 Å². The highest BCUT2D eigenvalue weighted by molar-refractivity contribution is 5.41. The van der Waals surface area contributed by atoms with Crippen LogP contribution < -0.4 is 10.5 Å². The molecule has 0 radical (unpaired) electrons. The van der Waals surface area contributed by atoms with Crippen LogP contribution in [-0.4, -0.2) is 17.1 Å². The minimum Gasteiger partial charge on any atom is -0.496 e. The number of methoxy groups -OCH3 is 1. The molecule has 4 heteroatoms. The number of nitrogens with one attached hydrogen (secondary N) is 1. The molecule has 0 fully saturated rings. The fraction of sp³-hybridized carbons (Fsp3) is 0.308. The van der Waals surface area contributed by atoms with Gasteiger partial charge in [0.1, 0.15) is 5.75 Å². The summed E-state index contributed by atoms with van der Waals surface area (Å²) in [5, 5.41) is 0. The van der Waals surface area contributed by atoms with Gasteiger partial charge >= 0.3 is 0 Å². The number of rotatable bonds is 4. The van der Waals surface area contributed by atoms with Crippen LogP contribution in [0.3, 0.4) is 0 Å². The average Bonchev–Trinajstić information content (AvgIpc) is 2.82. The van der Waals surface area contributed by atoms with Crippen LogP contribution in [-0.2, 0) is 6.42 Å². The van der Waals surface area contributed by atoms with Gasteiger partial charge in [-0.15, -0.1) is 0 Å². The zero-order valence-corrected chi connectivity index (χ0v) is 10.1. The van der Waals surface area contributed by atoms with Crippen molar-refractivity contribution in [2.45, 2.75) is 19.4 Å². The number of benzene rings is 1. The number of para-hydroxylation sites is 1. The Balaban J connectivity index is 2.21. The van der Waals surface area contributed by atoms with E-state index in [1.165, 1.54) is 0 Å². The van der Waals surface area contributed by atoms with Gasteiger partial charge in [-0.1, -0.05) is 18.2 Å². The van der Waals surface area contributed by atoms with E-state index in [0.717, 1.165) is 29.0 Å². The van der Waals surface area contributed by atoms with Crippen LogP contribution in [0.2, 0.25) is 0 Å². The lowest BCUT2D eigenvalue weighted by atomic mass is 10.0. The lowest BCUT2D eigenvalue weighted by Gasteiger charge is -2.14. The first-order valence-corrected chi connectivity index (χ1v) is 5.58. The first-order chi connectivity index (χ1) is 8.22. The van der Waals surface area contributed by atoms with Crippen LogP contribution in [0.1, 0.15) is 22.9 Å². The molecule has 1 aromatic heterocycles. The number of hydrogen-bond donors (Lipinski definition) is 2. The second kappa shape index (κ2) is 5.01. The number of aryl methyl sites for hydroxylation is 1. The fourth-order valence-corrected chi connectivity index (χ4v) is 1.98. The van der Waals surface area contributed by atoms with Gasteiger partial charge < -0.3 is 15.5 Å². The summed E-state index contributed by atoms with van der Waals surface area (Å²) in [6, 6.07) is 6.01. The van der Waals surface area contributed by atoms with Gasteiger partial charge in [-0.05, 0) is 24.5 Å². The molecular formula is C13H17N3O. The maximum absolute atomic E-state index is 6.12. The Bertz CT molecular complexity index is 479. The molecular weight excluding hydrogens is 214 g/mol. The largest absolute Gasteiger partial charge is 0.496 e. The van der Waals surface area contributed by atoms with E-state index in [9.17, 15) is 0 Å². The van der Waals surface area contributed by atoms with Crippen molar-refractivity contribution < 1.29 is 4.74 Å². The van der Waals surface area contributed by atoms with E-state index in [0.29, 0.717) is 0 Å². The Labute approximate surface area is 101 Å². The number of hydrogen-bond acceptors (Lipinski definition) is 3. The van der Waals surface area contributed by atoms with Gasteiger partial charge in [-0.25, -0.2) is 4.98 Å². The Kier molecular flexibility index (Phi) is 3.44. The van der Waals surface area contributed by atoms with Crippen molar-refractivity contribution in [1.82, 2.24) is 9.97 Å². The molecule has 1 heterocycles. The van der Waals surface area contributed by atoms with Crippen molar-refractivity contribution in [2.24, 2.45) is 5.73 Å². The van der Waals surface area contributed by atoms with Gasteiger partial charge in [0.2, 0.25) is 0 Å². The van der Waals surface area contributed by atoms with Gasteiger partial charge in [0, 0.05) is 6.20 Å². The van der Waals surface area contributed by atoms with E-state index in [-0.39, 0.29) is 6.04 Å².